The first-order valence-corrected chi connectivity index (χ1v) is 5.81. The third kappa shape index (κ3) is 3.67. The Kier molecular flexibility index (Phi) is 5.45. The van der Waals surface area contributed by atoms with Crippen molar-refractivity contribution in [1.29, 1.82) is 0 Å². The highest BCUT2D eigenvalue weighted by Gasteiger charge is 2.42. The molecule has 0 radical (unpaired) electrons. The third-order valence-corrected chi connectivity index (χ3v) is 2.81. The average Bonchev–Trinajstić information content (AvgIpc) is 2.38. The van der Waals surface area contributed by atoms with Crippen molar-refractivity contribution in [1.82, 2.24) is 5.32 Å². The van der Waals surface area contributed by atoms with Gasteiger partial charge in [0, 0.05) is 6.92 Å². The van der Waals surface area contributed by atoms with E-state index in [9.17, 15) is 24.9 Å². The van der Waals surface area contributed by atoms with Crippen molar-refractivity contribution in [3.05, 3.63) is 11.8 Å². The van der Waals surface area contributed by atoms with Crippen LogP contribution in [0.3, 0.4) is 0 Å². The van der Waals surface area contributed by atoms with Crippen molar-refractivity contribution >= 4 is 11.9 Å². The maximum Gasteiger partial charge on any atom is 0.370 e. The average molecular weight is 291 g/mol. The Morgan fingerprint density at radius 3 is 2.50 bits per heavy atom. The van der Waals surface area contributed by atoms with E-state index in [4.69, 9.17) is 14.9 Å². The van der Waals surface area contributed by atoms with E-state index in [0.29, 0.717) is 0 Å². The molecule has 0 saturated carbocycles. The zero-order valence-corrected chi connectivity index (χ0v) is 10.6. The summed E-state index contributed by atoms with van der Waals surface area (Å²) in [6.45, 7) is 0.366. The standard InChI is InChI=1S/C11H17NO8/c1-4(14)12-8-5(15)2-7(11(18)19)20-10(8)9(17)6(16)3-13/h2,5-6,8-10,13,15-17H,3H2,1H3,(H,12,14)(H,18,19)/t5-,6+,8+,9+,10?/m0/s1. The molecule has 5 atom stereocenters. The molecule has 0 aromatic rings. The lowest BCUT2D eigenvalue weighted by molar-refractivity contribution is -0.149. The smallest absolute Gasteiger partial charge is 0.370 e. The maximum atomic E-state index is 11.1. The van der Waals surface area contributed by atoms with E-state index in [2.05, 4.69) is 5.32 Å². The van der Waals surface area contributed by atoms with Crippen LogP contribution in [0.4, 0.5) is 0 Å². The normalized spacial score (nSPS) is 28.9. The van der Waals surface area contributed by atoms with Gasteiger partial charge in [-0.25, -0.2) is 4.79 Å². The third-order valence-electron chi connectivity index (χ3n) is 2.81. The van der Waals surface area contributed by atoms with Crippen molar-refractivity contribution in [2.45, 2.75) is 37.4 Å². The molecule has 9 heteroatoms. The molecule has 9 nitrogen and oxygen atoms in total. The number of hydrogen-bond donors (Lipinski definition) is 6. The van der Waals surface area contributed by atoms with Crippen LogP contribution in [0.5, 0.6) is 0 Å². The van der Waals surface area contributed by atoms with Crippen LogP contribution in [-0.4, -0.2) is 74.5 Å². The fourth-order valence-electron chi connectivity index (χ4n) is 1.85. The number of aliphatic carboxylic acids is 1. The Balaban J connectivity index is 3.04. The summed E-state index contributed by atoms with van der Waals surface area (Å²) in [6.07, 6.45) is -5.29. The second kappa shape index (κ2) is 6.66. The zero-order valence-electron chi connectivity index (χ0n) is 10.6. The van der Waals surface area contributed by atoms with Crippen molar-refractivity contribution in [2.24, 2.45) is 0 Å². The molecule has 6 N–H and O–H groups in total. The topological polar surface area (TPSA) is 157 Å². The molecule has 0 aliphatic carbocycles. The van der Waals surface area contributed by atoms with Gasteiger partial charge in [0.2, 0.25) is 11.7 Å². The first kappa shape index (κ1) is 16.4. The van der Waals surface area contributed by atoms with Gasteiger partial charge in [-0.2, -0.15) is 0 Å². The maximum absolute atomic E-state index is 11.1. The van der Waals surface area contributed by atoms with Gasteiger partial charge in [-0.1, -0.05) is 0 Å². The van der Waals surface area contributed by atoms with Gasteiger partial charge >= 0.3 is 5.97 Å². The van der Waals surface area contributed by atoms with Gasteiger partial charge in [0.15, 0.2) is 6.10 Å². The summed E-state index contributed by atoms with van der Waals surface area (Å²) in [6, 6.07) is -1.16. The van der Waals surface area contributed by atoms with E-state index in [1.54, 1.807) is 0 Å². The van der Waals surface area contributed by atoms with E-state index < -0.39 is 54.7 Å². The molecule has 0 bridgehead atoms. The molecule has 1 unspecified atom stereocenters. The summed E-state index contributed by atoms with van der Waals surface area (Å²) in [4.78, 5) is 21.9. The monoisotopic (exact) mass is 291 g/mol. The first-order valence-electron chi connectivity index (χ1n) is 5.81. The fraction of sp³-hybridized carbons (Fsp3) is 0.636. The molecule has 1 heterocycles. The zero-order chi connectivity index (χ0) is 15.4. The number of rotatable bonds is 5. The lowest BCUT2D eigenvalue weighted by atomic mass is 9.94. The van der Waals surface area contributed by atoms with Gasteiger partial charge in [0.1, 0.15) is 18.3 Å². The number of nitrogens with one attached hydrogen (secondary N) is 1. The summed E-state index contributed by atoms with van der Waals surface area (Å²) >= 11 is 0. The Hall–Kier alpha value is -1.68. The number of ether oxygens (including phenoxy) is 1. The number of carboxylic acid groups (broad SMARTS) is 1. The van der Waals surface area contributed by atoms with E-state index in [1.165, 1.54) is 0 Å². The second-order valence-corrected chi connectivity index (χ2v) is 4.38. The second-order valence-electron chi connectivity index (χ2n) is 4.38. The van der Waals surface area contributed by atoms with Crippen LogP contribution in [0.1, 0.15) is 6.92 Å². The molecular weight excluding hydrogens is 274 g/mol. The molecule has 1 amide bonds. The quantitative estimate of drug-likeness (QED) is 0.311. The minimum Gasteiger partial charge on any atom is -0.478 e. The van der Waals surface area contributed by atoms with Crippen molar-refractivity contribution in [3.63, 3.8) is 0 Å². The Bertz CT molecular complexity index is 409. The molecule has 20 heavy (non-hydrogen) atoms. The molecule has 0 saturated heterocycles. The lowest BCUT2D eigenvalue weighted by Crippen LogP contribution is -2.59. The van der Waals surface area contributed by atoms with Gasteiger partial charge in [0.05, 0.1) is 12.6 Å². The highest BCUT2D eigenvalue weighted by molar-refractivity contribution is 5.84. The van der Waals surface area contributed by atoms with E-state index in [1.807, 2.05) is 0 Å². The van der Waals surface area contributed by atoms with Gasteiger partial charge in [-0.15, -0.1) is 0 Å². The van der Waals surface area contributed by atoms with Crippen molar-refractivity contribution < 1.29 is 39.9 Å². The molecule has 114 valence electrons. The predicted molar refractivity (Wildman–Crippen MR) is 63.3 cm³/mol. The van der Waals surface area contributed by atoms with Gasteiger partial charge < -0.3 is 35.6 Å². The number of aliphatic hydroxyl groups is 4. The van der Waals surface area contributed by atoms with Gasteiger partial charge in [0.25, 0.3) is 0 Å². The number of aliphatic hydroxyl groups excluding tert-OH is 4. The molecule has 1 aliphatic heterocycles. The van der Waals surface area contributed by atoms with Crippen molar-refractivity contribution in [2.75, 3.05) is 6.61 Å². The Morgan fingerprint density at radius 1 is 1.45 bits per heavy atom. The molecular formula is C11H17NO8. The Morgan fingerprint density at radius 2 is 2.05 bits per heavy atom. The highest BCUT2D eigenvalue weighted by Crippen LogP contribution is 2.22. The van der Waals surface area contributed by atoms with Crippen LogP contribution in [0.15, 0.2) is 11.8 Å². The minimum atomic E-state index is -1.70. The van der Waals surface area contributed by atoms with Crippen LogP contribution in [0, 0.1) is 0 Å². The van der Waals surface area contributed by atoms with Crippen molar-refractivity contribution in [3.8, 4) is 0 Å². The van der Waals surface area contributed by atoms with Crippen LogP contribution >= 0.6 is 0 Å². The number of carbonyl (C=O) groups is 2. The van der Waals surface area contributed by atoms with Gasteiger partial charge in [-0.05, 0) is 6.08 Å². The molecule has 0 fully saturated rings. The summed E-state index contributed by atoms with van der Waals surface area (Å²) in [5.74, 6) is -2.63. The molecule has 0 aromatic heterocycles. The number of carbonyl (C=O) groups excluding carboxylic acids is 1. The van der Waals surface area contributed by atoms with Crippen LogP contribution in [0.25, 0.3) is 0 Å². The Labute approximate surface area is 114 Å². The minimum absolute atomic E-state index is 0.541. The van der Waals surface area contributed by atoms with E-state index >= 15 is 0 Å². The highest BCUT2D eigenvalue weighted by atomic mass is 16.5. The molecule has 1 aliphatic rings. The SMILES string of the molecule is CC(=O)N[C@H]1C([C@H](O)[C@H](O)CO)OC(C(=O)O)=C[C@@H]1O. The van der Waals surface area contributed by atoms with Crippen LogP contribution in [0.2, 0.25) is 0 Å². The summed E-state index contributed by atoms with van der Waals surface area (Å²) in [7, 11) is 0. The van der Waals surface area contributed by atoms with Crippen LogP contribution < -0.4 is 5.32 Å². The summed E-state index contributed by atoms with van der Waals surface area (Å²) in [5, 5.41) is 49.0. The number of carboxylic acids is 1. The van der Waals surface area contributed by atoms with E-state index in [-0.39, 0.29) is 0 Å². The summed E-state index contributed by atoms with van der Waals surface area (Å²) < 4.78 is 4.98. The van der Waals surface area contributed by atoms with E-state index in [0.717, 1.165) is 13.0 Å². The molecule has 0 aromatic carbocycles. The van der Waals surface area contributed by atoms with Crippen LogP contribution in [-0.2, 0) is 14.3 Å². The summed E-state index contributed by atoms with van der Waals surface area (Å²) in [5.41, 5.74) is 0. The molecule has 1 rings (SSSR count). The number of amides is 1. The largest absolute Gasteiger partial charge is 0.478 e. The lowest BCUT2D eigenvalue weighted by Gasteiger charge is -2.37. The number of hydrogen-bond acceptors (Lipinski definition) is 7. The van der Waals surface area contributed by atoms with Gasteiger partial charge in [-0.3, -0.25) is 4.79 Å². The molecule has 0 spiro atoms. The fourth-order valence-corrected chi connectivity index (χ4v) is 1.85. The first-order chi connectivity index (χ1) is 9.27. The predicted octanol–water partition coefficient (Wildman–Crippen LogP) is -3.07.